The van der Waals surface area contributed by atoms with Gasteiger partial charge in [-0.25, -0.2) is 14.4 Å². The molecule has 1 saturated heterocycles. The van der Waals surface area contributed by atoms with Crippen LogP contribution in [0, 0.1) is 5.82 Å². The molecule has 6 nitrogen and oxygen atoms in total. The van der Waals surface area contributed by atoms with E-state index >= 15 is 0 Å². The fraction of sp³-hybridized carbons (Fsp3) is 0.208. The van der Waals surface area contributed by atoms with E-state index in [0.717, 1.165) is 66.5 Å². The molecule has 2 aromatic heterocycles. The average molecular weight is 414 g/mol. The Labute approximate surface area is 180 Å². The van der Waals surface area contributed by atoms with Gasteiger partial charge in [-0.05, 0) is 35.9 Å². The number of pyridine rings is 1. The van der Waals surface area contributed by atoms with Crippen molar-refractivity contribution in [1.29, 1.82) is 0 Å². The molecule has 0 unspecified atom stereocenters. The molecule has 2 aromatic carbocycles. The summed E-state index contributed by atoms with van der Waals surface area (Å²) in [4.78, 5) is 17.9. The third-order valence-electron chi connectivity index (χ3n) is 5.55. The number of nitrogens with zero attached hydrogens (tertiary/aromatic N) is 5. The van der Waals surface area contributed by atoms with Crippen LogP contribution in [0.4, 0.5) is 21.7 Å². The number of benzene rings is 2. The molecule has 1 N–H and O–H groups in total. The van der Waals surface area contributed by atoms with E-state index in [1.165, 1.54) is 12.1 Å². The summed E-state index contributed by atoms with van der Waals surface area (Å²) in [7, 11) is 0. The molecule has 1 aliphatic heterocycles. The summed E-state index contributed by atoms with van der Waals surface area (Å²) in [6, 6.07) is 18.8. The molecular formula is C24H23FN6. The third-order valence-corrected chi connectivity index (χ3v) is 5.55. The topological polar surface area (TPSA) is 57.2 Å². The normalized spacial score (nSPS) is 14.7. The molecule has 1 aliphatic rings. The monoisotopic (exact) mass is 414 g/mol. The fourth-order valence-electron chi connectivity index (χ4n) is 3.86. The van der Waals surface area contributed by atoms with Gasteiger partial charge in [-0.2, -0.15) is 0 Å². The number of hydrogen-bond acceptors (Lipinski definition) is 6. The van der Waals surface area contributed by atoms with Crippen LogP contribution in [0.25, 0.3) is 10.9 Å². The first kappa shape index (κ1) is 19.4. The molecule has 4 aromatic rings. The predicted octanol–water partition coefficient (Wildman–Crippen LogP) is 4.23. The highest BCUT2D eigenvalue weighted by atomic mass is 19.1. The number of nitrogens with one attached hydrogen (secondary N) is 1. The van der Waals surface area contributed by atoms with Crippen LogP contribution in [0.3, 0.4) is 0 Å². The van der Waals surface area contributed by atoms with Gasteiger partial charge in [0.25, 0.3) is 0 Å². The second-order valence-corrected chi connectivity index (χ2v) is 7.69. The number of halogens is 1. The van der Waals surface area contributed by atoms with Crippen molar-refractivity contribution in [1.82, 2.24) is 19.9 Å². The van der Waals surface area contributed by atoms with Crippen molar-refractivity contribution in [3.8, 4) is 0 Å². The van der Waals surface area contributed by atoms with Crippen LogP contribution in [-0.2, 0) is 6.54 Å². The second kappa shape index (κ2) is 8.65. The summed E-state index contributed by atoms with van der Waals surface area (Å²) in [6.45, 7) is 4.47. The van der Waals surface area contributed by atoms with Gasteiger partial charge in [-0.3, -0.25) is 9.88 Å². The zero-order valence-electron chi connectivity index (χ0n) is 17.1. The van der Waals surface area contributed by atoms with Gasteiger partial charge in [0.15, 0.2) is 0 Å². The highest BCUT2D eigenvalue weighted by Crippen LogP contribution is 2.22. The zero-order chi connectivity index (χ0) is 21.0. The molecule has 5 rings (SSSR count). The summed E-state index contributed by atoms with van der Waals surface area (Å²) in [5.41, 5.74) is 3.02. The number of hydrogen-bond donors (Lipinski definition) is 1. The van der Waals surface area contributed by atoms with Crippen LogP contribution in [0.5, 0.6) is 0 Å². The standard InChI is InChI=1S/C24H23FN6/c25-20-6-3-18(4-7-20)16-30-10-12-31(13-11-30)24-15-23(27-17-28-24)29-21-8-5-19-2-1-9-26-22(19)14-21/h1-9,14-15,17H,10-13,16H2,(H,27,28,29). The Morgan fingerprint density at radius 3 is 2.55 bits per heavy atom. The van der Waals surface area contributed by atoms with Crippen LogP contribution in [0.2, 0.25) is 0 Å². The van der Waals surface area contributed by atoms with Gasteiger partial charge >= 0.3 is 0 Å². The maximum atomic E-state index is 13.1. The van der Waals surface area contributed by atoms with Crippen molar-refractivity contribution >= 4 is 28.2 Å². The van der Waals surface area contributed by atoms with Gasteiger partial charge in [0.05, 0.1) is 5.52 Å². The molecule has 0 radical (unpaired) electrons. The van der Waals surface area contributed by atoms with Crippen LogP contribution in [0.1, 0.15) is 5.56 Å². The van der Waals surface area contributed by atoms with E-state index in [2.05, 4.69) is 30.1 Å². The first-order valence-electron chi connectivity index (χ1n) is 10.4. The summed E-state index contributed by atoms with van der Waals surface area (Å²) in [5, 5.41) is 4.47. The van der Waals surface area contributed by atoms with Crippen molar-refractivity contribution in [3.63, 3.8) is 0 Å². The minimum atomic E-state index is -0.193. The molecule has 0 atom stereocenters. The van der Waals surface area contributed by atoms with E-state index in [1.807, 2.05) is 48.5 Å². The van der Waals surface area contributed by atoms with Crippen molar-refractivity contribution < 1.29 is 4.39 Å². The second-order valence-electron chi connectivity index (χ2n) is 7.69. The molecule has 31 heavy (non-hydrogen) atoms. The SMILES string of the molecule is Fc1ccc(CN2CCN(c3cc(Nc4ccc5cccnc5c4)ncn3)CC2)cc1. The number of rotatable bonds is 5. The van der Waals surface area contributed by atoms with Crippen molar-refractivity contribution in [2.75, 3.05) is 36.4 Å². The molecule has 0 saturated carbocycles. The third kappa shape index (κ3) is 4.62. The Bertz CT molecular complexity index is 1170. The maximum Gasteiger partial charge on any atom is 0.135 e. The van der Waals surface area contributed by atoms with E-state index in [-0.39, 0.29) is 5.82 Å². The number of anilines is 3. The molecule has 1 fully saturated rings. The Balaban J connectivity index is 1.22. The maximum absolute atomic E-state index is 13.1. The Hall–Kier alpha value is -3.58. The lowest BCUT2D eigenvalue weighted by atomic mass is 10.2. The number of fused-ring (bicyclic) bond motifs is 1. The lowest BCUT2D eigenvalue weighted by Gasteiger charge is -2.35. The van der Waals surface area contributed by atoms with E-state index in [4.69, 9.17) is 0 Å². The Kier molecular flexibility index (Phi) is 5.41. The first-order valence-corrected chi connectivity index (χ1v) is 10.4. The highest BCUT2D eigenvalue weighted by Gasteiger charge is 2.18. The smallest absolute Gasteiger partial charge is 0.135 e. The minimum absolute atomic E-state index is 0.193. The summed E-state index contributed by atoms with van der Waals surface area (Å²) in [6.07, 6.45) is 3.40. The molecule has 0 bridgehead atoms. The average Bonchev–Trinajstić information content (AvgIpc) is 2.81. The molecule has 0 aliphatic carbocycles. The van der Waals surface area contributed by atoms with Gasteiger partial charge in [0.2, 0.25) is 0 Å². The van der Waals surface area contributed by atoms with Crippen LogP contribution >= 0.6 is 0 Å². The van der Waals surface area contributed by atoms with Crippen molar-refractivity contribution in [2.24, 2.45) is 0 Å². The van der Waals surface area contributed by atoms with Crippen LogP contribution < -0.4 is 10.2 Å². The molecule has 0 spiro atoms. The van der Waals surface area contributed by atoms with Crippen molar-refractivity contribution in [3.05, 3.63) is 84.6 Å². The summed E-state index contributed by atoms with van der Waals surface area (Å²) < 4.78 is 13.1. The molecule has 3 heterocycles. The van der Waals surface area contributed by atoms with Crippen LogP contribution in [0.15, 0.2) is 73.2 Å². The van der Waals surface area contributed by atoms with E-state index in [1.54, 1.807) is 12.5 Å². The quantitative estimate of drug-likeness (QED) is 0.527. The molecular weight excluding hydrogens is 391 g/mol. The first-order chi connectivity index (χ1) is 15.2. The largest absolute Gasteiger partial charge is 0.354 e. The lowest BCUT2D eigenvalue weighted by molar-refractivity contribution is 0.249. The van der Waals surface area contributed by atoms with Gasteiger partial charge in [0, 0.05) is 56.1 Å². The molecule has 7 heteroatoms. The van der Waals surface area contributed by atoms with Crippen molar-refractivity contribution in [2.45, 2.75) is 6.54 Å². The minimum Gasteiger partial charge on any atom is -0.354 e. The van der Waals surface area contributed by atoms with E-state index < -0.39 is 0 Å². The predicted molar refractivity (Wildman–Crippen MR) is 121 cm³/mol. The van der Waals surface area contributed by atoms with Gasteiger partial charge in [-0.15, -0.1) is 0 Å². The lowest BCUT2D eigenvalue weighted by Crippen LogP contribution is -2.46. The van der Waals surface area contributed by atoms with E-state index in [9.17, 15) is 4.39 Å². The number of aromatic nitrogens is 3. The fourth-order valence-corrected chi connectivity index (χ4v) is 3.86. The summed E-state index contributed by atoms with van der Waals surface area (Å²) in [5.74, 6) is 1.48. The molecule has 0 amide bonds. The summed E-state index contributed by atoms with van der Waals surface area (Å²) >= 11 is 0. The van der Waals surface area contributed by atoms with Crippen LogP contribution in [-0.4, -0.2) is 46.0 Å². The van der Waals surface area contributed by atoms with Gasteiger partial charge < -0.3 is 10.2 Å². The van der Waals surface area contributed by atoms with E-state index in [0.29, 0.717) is 0 Å². The van der Waals surface area contributed by atoms with Gasteiger partial charge in [-0.1, -0.05) is 24.3 Å². The zero-order valence-corrected chi connectivity index (χ0v) is 17.1. The Morgan fingerprint density at radius 1 is 0.871 bits per heavy atom. The molecule has 156 valence electrons. The van der Waals surface area contributed by atoms with Gasteiger partial charge in [0.1, 0.15) is 23.8 Å². The Morgan fingerprint density at radius 2 is 1.71 bits per heavy atom. The highest BCUT2D eigenvalue weighted by molar-refractivity contribution is 5.82. The number of piperazine rings is 1.